The number of hydrogen-bond acceptors (Lipinski definition) is 2. The summed E-state index contributed by atoms with van der Waals surface area (Å²) in [7, 11) is 4.20. The highest BCUT2D eigenvalue weighted by molar-refractivity contribution is 5.27. The van der Waals surface area contributed by atoms with Gasteiger partial charge in [0.1, 0.15) is 5.82 Å². The van der Waals surface area contributed by atoms with Crippen LogP contribution in [0.4, 0.5) is 0 Å². The van der Waals surface area contributed by atoms with E-state index in [9.17, 15) is 0 Å². The Morgan fingerprint density at radius 3 is 2.17 bits per heavy atom. The summed E-state index contributed by atoms with van der Waals surface area (Å²) in [5, 5.41) is 0. The van der Waals surface area contributed by atoms with Crippen LogP contribution in [-0.4, -0.2) is 29.4 Å². The summed E-state index contributed by atoms with van der Waals surface area (Å²) in [6, 6.07) is 0. The van der Waals surface area contributed by atoms with E-state index in [1.54, 1.807) is 0 Å². The number of allylic oxidation sites excluding steroid dienone is 3. The van der Waals surface area contributed by atoms with Crippen molar-refractivity contribution in [3.63, 3.8) is 0 Å². The standard InChI is InChI=1S/C21H36N2/c1-16-11-13-19(14-12-16)22(9)18(3)23(10)21(7,8)17(2)15-20(4,5)6/h11,13-14,16H,2-3,12,15H2,1,4-10H3. The molecule has 130 valence electrons. The van der Waals surface area contributed by atoms with Gasteiger partial charge in [-0.2, -0.15) is 0 Å². The Morgan fingerprint density at radius 1 is 1.17 bits per heavy atom. The lowest BCUT2D eigenvalue weighted by molar-refractivity contribution is 0.184. The topological polar surface area (TPSA) is 6.48 Å². The van der Waals surface area contributed by atoms with Crippen LogP contribution in [0, 0.1) is 11.3 Å². The van der Waals surface area contributed by atoms with Gasteiger partial charge in [0.15, 0.2) is 0 Å². The lowest BCUT2D eigenvalue weighted by atomic mass is 9.80. The Hall–Kier alpha value is -1.44. The third-order valence-electron chi connectivity index (χ3n) is 4.90. The zero-order valence-corrected chi connectivity index (χ0v) is 16.5. The highest BCUT2D eigenvalue weighted by Crippen LogP contribution is 2.34. The van der Waals surface area contributed by atoms with E-state index >= 15 is 0 Å². The Bertz CT molecular complexity index is 514. The molecule has 1 aliphatic carbocycles. The molecule has 1 aliphatic rings. The number of nitrogens with zero attached hydrogens (tertiary/aromatic N) is 2. The fourth-order valence-corrected chi connectivity index (χ4v) is 2.76. The molecule has 1 atom stereocenters. The molecule has 0 saturated carbocycles. The normalized spacial score (nSPS) is 18.4. The van der Waals surface area contributed by atoms with E-state index in [4.69, 9.17) is 0 Å². The van der Waals surface area contributed by atoms with E-state index in [0.29, 0.717) is 5.92 Å². The first kappa shape index (κ1) is 19.6. The maximum Gasteiger partial charge on any atom is 0.101 e. The Labute approximate surface area is 144 Å². The summed E-state index contributed by atoms with van der Waals surface area (Å²) in [6.07, 6.45) is 8.85. The lowest BCUT2D eigenvalue weighted by Gasteiger charge is -2.44. The van der Waals surface area contributed by atoms with Crippen LogP contribution < -0.4 is 0 Å². The predicted octanol–water partition coefficient (Wildman–Crippen LogP) is 5.57. The molecule has 0 N–H and O–H groups in total. The van der Waals surface area contributed by atoms with Gasteiger partial charge in [-0.25, -0.2) is 0 Å². The molecule has 1 rings (SSSR count). The van der Waals surface area contributed by atoms with E-state index in [2.05, 4.69) is 96.8 Å². The van der Waals surface area contributed by atoms with E-state index in [0.717, 1.165) is 18.7 Å². The van der Waals surface area contributed by atoms with Crippen LogP contribution >= 0.6 is 0 Å². The van der Waals surface area contributed by atoms with Crippen molar-refractivity contribution in [1.82, 2.24) is 9.80 Å². The van der Waals surface area contributed by atoms with Gasteiger partial charge in [-0.15, -0.1) is 0 Å². The van der Waals surface area contributed by atoms with Gasteiger partial charge in [0.25, 0.3) is 0 Å². The average molecular weight is 317 g/mol. The smallest absolute Gasteiger partial charge is 0.101 e. The van der Waals surface area contributed by atoms with Crippen molar-refractivity contribution in [2.75, 3.05) is 14.1 Å². The van der Waals surface area contributed by atoms with Crippen molar-refractivity contribution in [1.29, 1.82) is 0 Å². The molecule has 0 aromatic carbocycles. The Morgan fingerprint density at radius 2 is 1.74 bits per heavy atom. The zero-order chi connectivity index (χ0) is 18.0. The van der Waals surface area contributed by atoms with Gasteiger partial charge in [-0.05, 0) is 44.1 Å². The lowest BCUT2D eigenvalue weighted by Crippen LogP contribution is -2.45. The minimum absolute atomic E-state index is 0.134. The molecule has 0 spiro atoms. The molecule has 0 amide bonds. The van der Waals surface area contributed by atoms with Crippen molar-refractivity contribution in [2.45, 2.75) is 59.9 Å². The molecular formula is C21H36N2. The molecule has 2 nitrogen and oxygen atoms in total. The predicted molar refractivity (Wildman–Crippen MR) is 103 cm³/mol. The van der Waals surface area contributed by atoms with Crippen molar-refractivity contribution in [2.24, 2.45) is 11.3 Å². The second-order valence-electron chi connectivity index (χ2n) is 8.64. The van der Waals surface area contributed by atoms with Gasteiger partial charge < -0.3 is 9.80 Å². The monoisotopic (exact) mass is 316 g/mol. The van der Waals surface area contributed by atoms with Gasteiger partial charge in [0.05, 0.1) is 5.54 Å². The summed E-state index contributed by atoms with van der Waals surface area (Å²) in [6.45, 7) is 22.2. The molecule has 23 heavy (non-hydrogen) atoms. The van der Waals surface area contributed by atoms with Gasteiger partial charge >= 0.3 is 0 Å². The number of rotatable bonds is 6. The van der Waals surface area contributed by atoms with Crippen LogP contribution in [0.3, 0.4) is 0 Å². The largest absolute Gasteiger partial charge is 0.353 e. The minimum Gasteiger partial charge on any atom is -0.353 e. The maximum atomic E-state index is 4.37. The summed E-state index contributed by atoms with van der Waals surface area (Å²) < 4.78 is 0. The molecule has 0 aromatic rings. The Balaban J connectivity index is 2.86. The van der Waals surface area contributed by atoms with Crippen LogP contribution in [-0.2, 0) is 0 Å². The molecule has 0 aromatic heterocycles. The molecule has 2 heteroatoms. The van der Waals surface area contributed by atoms with Gasteiger partial charge in [0.2, 0.25) is 0 Å². The molecule has 0 heterocycles. The first-order valence-electron chi connectivity index (χ1n) is 8.59. The second kappa shape index (κ2) is 6.98. The van der Waals surface area contributed by atoms with Crippen molar-refractivity contribution in [3.8, 4) is 0 Å². The summed E-state index contributed by atoms with van der Waals surface area (Å²) >= 11 is 0. The quantitative estimate of drug-likeness (QED) is 0.591. The van der Waals surface area contributed by atoms with E-state index < -0.39 is 0 Å². The summed E-state index contributed by atoms with van der Waals surface area (Å²) in [5.41, 5.74) is 2.57. The van der Waals surface area contributed by atoms with Crippen LogP contribution in [0.1, 0.15) is 54.4 Å². The average Bonchev–Trinajstić information content (AvgIpc) is 2.43. The van der Waals surface area contributed by atoms with Crippen LogP contribution in [0.15, 0.2) is 48.5 Å². The molecule has 0 aliphatic heterocycles. The van der Waals surface area contributed by atoms with Gasteiger partial charge in [0, 0.05) is 19.8 Å². The molecular weight excluding hydrogens is 280 g/mol. The number of likely N-dealkylation sites (N-methyl/N-ethyl adjacent to an activating group) is 2. The Kier molecular flexibility index (Phi) is 5.95. The van der Waals surface area contributed by atoms with E-state index in [1.165, 1.54) is 11.3 Å². The van der Waals surface area contributed by atoms with E-state index in [1.807, 2.05) is 0 Å². The molecule has 0 fully saturated rings. The first-order valence-corrected chi connectivity index (χ1v) is 8.59. The van der Waals surface area contributed by atoms with Crippen LogP contribution in [0.25, 0.3) is 0 Å². The highest BCUT2D eigenvalue weighted by Gasteiger charge is 2.31. The third kappa shape index (κ3) is 5.02. The minimum atomic E-state index is -0.134. The van der Waals surface area contributed by atoms with Gasteiger partial charge in [-0.1, -0.05) is 58.6 Å². The van der Waals surface area contributed by atoms with Crippen LogP contribution in [0.5, 0.6) is 0 Å². The summed E-state index contributed by atoms with van der Waals surface area (Å²) in [4.78, 5) is 4.42. The second-order valence-corrected chi connectivity index (χ2v) is 8.64. The summed E-state index contributed by atoms with van der Waals surface area (Å²) in [5.74, 6) is 1.62. The van der Waals surface area contributed by atoms with Crippen molar-refractivity contribution in [3.05, 3.63) is 48.5 Å². The maximum absolute atomic E-state index is 4.37. The fourth-order valence-electron chi connectivity index (χ4n) is 2.76. The molecule has 1 unspecified atom stereocenters. The van der Waals surface area contributed by atoms with Crippen LogP contribution in [0.2, 0.25) is 0 Å². The SMILES string of the molecule is C=C(N(C)C1=CCC(C)C=C1)N(C)C(C)(C)C(=C)CC(C)(C)C. The third-order valence-corrected chi connectivity index (χ3v) is 4.90. The van der Waals surface area contributed by atoms with Crippen molar-refractivity contribution >= 4 is 0 Å². The van der Waals surface area contributed by atoms with E-state index in [-0.39, 0.29) is 11.0 Å². The first-order chi connectivity index (χ1) is 10.4. The highest BCUT2D eigenvalue weighted by atomic mass is 15.3. The molecule has 0 radical (unpaired) electrons. The van der Waals surface area contributed by atoms with Crippen molar-refractivity contribution < 1.29 is 0 Å². The number of hydrogen-bond donors (Lipinski definition) is 0. The molecule has 0 saturated heterocycles. The zero-order valence-electron chi connectivity index (χ0n) is 16.5. The molecule has 0 bridgehead atoms. The van der Waals surface area contributed by atoms with Gasteiger partial charge in [-0.3, -0.25) is 0 Å². The fraction of sp³-hybridized carbons (Fsp3) is 0.619.